The predicted octanol–water partition coefficient (Wildman–Crippen LogP) is -0.618. The van der Waals surface area contributed by atoms with Crippen LogP contribution in [0.25, 0.3) is 0 Å². The number of aromatic nitrogens is 4. The first kappa shape index (κ1) is 17.8. The van der Waals surface area contributed by atoms with Crippen LogP contribution in [-0.4, -0.2) is 61.8 Å². The van der Waals surface area contributed by atoms with Crippen molar-refractivity contribution in [2.24, 2.45) is 5.92 Å². The smallest absolute Gasteiger partial charge is 0.228 e. The summed E-state index contributed by atoms with van der Waals surface area (Å²) in [4.78, 5) is 15.1. The van der Waals surface area contributed by atoms with E-state index in [1.54, 1.807) is 16.8 Å². The van der Waals surface area contributed by atoms with Gasteiger partial charge in [-0.3, -0.25) is 15.1 Å². The Hall–Kier alpha value is -2.56. The molecule has 2 aromatic rings. The number of aromatic hydroxyl groups is 1. The maximum Gasteiger partial charge on any atom is 0.228 e. The average Bonchev–Trinajstić information content (AvgIpc) is 3.33. The number of hydrazine groups is 1. The summed E-state index contributed by atoms with van der Waals surface area (Å²) in [7, 11) is 0. The Balaban J connectivity index is 1.34. The quantitative estimate of drug-likeness (QED) is 0.548. The molecular formula is C17H24N8O2. The standard InChI is InChI=1S/C17H24N8O2/c26-14-5-1-3-12(7-14)9-24-6-2-4-13(10-24)20-17(27)15-8-18-21-16(15)25-11-19-22-23-25/h1,3,5,7,11,13,15-16,18,21,26H,2,4,6,8-10H2,(H,20,27). The fourth-order valence-electron chi connectivity index (χ4n) is 3.81. The lowest BCUT2D eigenvalue weighted by atomic mass is 10.0. The zero-order valence-electron chi connectivity index (χ0n) is 15.0. The highest BCUT2D eigenvalue weighted by atomic mass is 16.3. The van der Waals surface area contributed by atoms with Gasteiger partial charge < -0.3 is 10.4 Å². The molecular weight excluding hydrogens is 348 g/mol. The summed E-state index contributed by atoms with van der Waals surface area (Å²) in [5.74, 6) is -0.00334. The molecule has 3 heterocycles. The fourth-order valence-corrected chi connectivity index (χ4v) is 3.81. The molecule has 0 saturated carbocycles. The Morgan fingerprint density at radius 1 is 1.41 bits per heavy atom. The third kappa shape index (κ3) is 4.24. The van der Waals surface area contributed by atoms with E-state index >= 15 is 0 Å². The van der Waals surface area contributed by atoms with Gasteiger partial charge >= 0.3 is 0 Å². The minimum atomic E-state index is -0.299. The summed E-state index contributed by atoms with van der Waals surface area (Å²) in [5, 5.41) is 24.0. The lowest BCUT2D eigenvalue weighted by Gasteiger charge is -2.34. The lowest BCUT2D eigenvalue weighted by molar-refractivity contribution is -0.126. The van der Waals surface area contributed by atoms with Gasteiger partial charge in [0, 0.05) is 25.7 Å². The molecule has 1 aromatic carbocycles. The van der Waals surface area contributed by atoms with E-state index in [4.69, 9.17) is 0 Å². The number of phenols is 1. The number of likely N-dealkylation sites (tertiary alicyclic amines) is 1. The Morgan fingerprint density at radius 3 is 3.15 bits per heavy atom. The second kappa shape index (κ2) is 7.99. The fraction of sp³-hybridized carbons (Fsp3) is 0.529. The van der Waals surface area contributed by atoms with Crippen molar-refractivity contribution in [1.29, 1.82) is 0 Å². The number of nitrogens with zero attached hydrogens (tertiary/aromatic N) is 5. The molecule has 1 amide bonds. The van der Waals surface area contributed by atoms with Crippen LogP contribution in [0.3, 0.4) is 0 Å². The van der Waals surface area contributed by atoms with Crippen LogP contribution in [0.2, 0.25) is 0 Å². The number of hydrogen-bond donors (Lipinski definition) is 4. The molecule has 2 saturated heterocycles. The molecule has 10 nitrogen and oxygen atoms in total. The number of amides is 1. The van der Waals surface area contributed by atoms with E-state index in [9.17, 15) is 9.90 Å². The van der Waals surface area contributed by atoms with Crippen molar-refractivity contribution >= 4 is 5.91 Å². The number of carbonyl (C=O) groups is 1. The van der Waals surface area contributed by atoms with Crippen molar-refractivity contribution in [2.45, 2.75) is 31.6 Å². The molecule has 4 N–H and O–H groups in total. The molecule has 0 radical (unpaired) electrons. The number of carbonyl (C=O) groups excluding carboxylic acids is 1. The van der Waals surface area contributed by atoms with Gasteiger partial charge in [-0.1, -0.05) is 12.1 Å². The SMILES string of the molecule is O=C(NC1CCCN(Cc2cccc(O)c2)C1)C1CNNC1n1cnnn1. The zero-order chi connectivity index (χ0) is 18.6. The second-order valence-corrected chi connectivity index (χ2v) is 7.12. The van der Waals surface area contributed by atoms with Gasteiger partial charge in [0.15, 0.2) is 0 Å². The van der Waals surface area contributed by atoms with Crippen LogP contribution in [0.4, 0.5) is 0 Å². The van der Waals surface area contributed by atoms with Gasteiger partial charge in [0.25, 0.3) is 0 Å². The molecule has 0 spiro atoms. The Labute approximate surface area is 156 Å². The van der Waals surface area contributed by atoms with Gasteiger partial charge in [0.05, 0.1) is 5.92 Å². The second-order valence-electron chi connectivity index (χ2n) is 7.12. The molecule has 144 valence electrons. The van der Waals surface area contributed by atoms with E-state index in [1.807, 2.05) is 12.1 Å². The summed E-state index contributed by atoms with van der Waals surface area (Å²) >= 11 is 0. The number of benzene rings is 1. The first-order valence-corrected chi connectivity index (χ1v) is 9.20. The van der Waals surface area contributed by atoms with Gasteiger partial charge in [-0.15, -0.1) is 5.10 Å². The van der Waals surface area contributed by atoms with E-state index in [0.29, 0.717) is 6.54 Å². The predicted molar refractivity (Wildman–Crippen MR) is 96.0 cm³/mol. The minimum absolute atomic E-state index is 0.00259. The maximum atomic E-state index is 12.8. The van der Waals surface area contributed by atoms with Gasteiger partial charge in [-0.05, 0) is 47.5 Å². The third-order valence-corrected chi connectivity index (χ3v) is 5.11. The molecule has 1 aromatic heterocycles. The van der Waals surface area contributed by atoms with Crippen LogP contribution in [0.1, 0.15) is 24.6 Å². The highest BCUT2D eigenvalue weighted by Crippen LogP contribution is 2.20. The maximum absolute atomic E-state index is 12.8. The summed E-state index contributed by atoms with van der Waals surface area (Å²) in [6.45, 7) is 3.07. The Morgan fingerprint density at radius 2 is 2.33 bits per heavy atom. The Kier molecular flexibility index (Phi) is 5.28. The molecule has 2 fully saturated rings. The van der Waals surface area contributed by atoms with Crippen molar-refractivity contribution in [3.8, 4) is 5.75 Å². The van der Waals surface area contributed by atoms with Gasteiger partial charge in [-0.2, -0.15) is 0 Å². The summed E-state index contributed by atoms with van der Waals surface area (Å²) in [6, 6.07) is 7.43. The number of nitrogens with one attached hydrogen (secondary N) is 3. The minimum Gasteiger partial charge on any atom is -0.508 e. The van der Waals surface area contributed by atoms with E-state index in [0.717, 1.165) is 38.0 Å². The number of phenolic OH excluding ortho intramolecular Hbond substituents is 1. The van der Waals surface area contributed by atoms with Crippen LogP contribution in [-0.2, 0) is 11.3 Å². The van der Waals surface area contributed by atoms with Crippen LogP contribution in [0, 0.1) is 5.92 Å². The lowest BCUT2D eigenvalue weighted by Crippen LogP contribution is -2.50. The van der Waals surface area contributed by atoms with Crippen LogP contribution < -0.4 is 16.2 Å². The van der Waals surface area contributed by atoms with Crippen molar-refractivity contribution < 1.29 is 9.90 Å². The molecule has 3 atom stereocenters. The van der Waals surface area contributed by atoms with Crippen molar-refractivity contribution in [3.05, 3.63) is 36.2 Å². The van der Waals surface area contributed by atoms with Gasteiger partial charge in [0.2, 0.25) is 5.91 Å². The monoisotopic (exact) mass is 372 g/mol. The zero-order valence-corrected chi connectivity index (χ0v) is 15.0. The molecule has 0 aliphatic carbocycles. The van der Waals surface area contributed by atoms with Gasteiger partial charge in [0.1, 0.15) is 18.2 Å². The van der Waals surface area contributed by atoms with Gasteiger partial charge in [-0.25, -0.2) is 10.1 Å². The van der Waals surface area contributed by atoms with E-state index in [1.165, 1.54) is 6.33 Å². The summed E-state index contributed by atoms with van der Waals surface area (Å²) in [6.07, 6.45) is 3.20. The van der Waals surface area contributed by atoms with E-state index in [2.05, 4.69) is 36.6 Å². The number of tetrazole rings is 1. The number of piperidine rings is 1. The molecule has 10 heteroatoms. The molecule has 0 bridgehead atoms. The van der Waals surface area contributed by atoms with Crippen LogP contribution in [0.15, 0.2) is 30.6 Å². The summed E-state index contributed by atoms with van der Waals surface area (Å²) < 4.78 is 1.55. The first-order valence-electron chi connectivity index (χ1n) is 9.20. The first-order chi connectivity index (χ1) is 13.2. The highest BCUT2D eigenvalue weighted by molar-refractivity contribution is 5.80. The summed E-state index contributed by atoms with van der Waals surface area (Å²) in [5.41, 5.74) is 7.14. The van der Waals surface area contributed by atoms with Crippen molar-refractivity contribution in [3.63, 3.8) is 0 Å². The number of rotatable bonds is 5. The average molecular weight is 372 g/mol. The number of hydrogen-bond acceptors (Lipinski definition) is 8. The van der Waals surface area contributed by atoms with E-state index in [-0.39, 0.29) is 29.8 Å². The third-order valence-electron chi connectivity index (χ3n) is 5.11. The molecule has 27 heavy (non-hydrogen) atoms. The molecule has 3 unspecified atom stereocenters. The Bertz CT molecular complexity index is 768. The molecule has 2 aliphatic heterocycles. The van der Waals surface area contributed by atoms with Crippen LogP contribution in [0.5, 0.6) is 5.75 Å². The van der Waals surface area contributed by atoms with Crippen molar-refractivity contribution in [1.82, 2.24) is 41.3 Å². The topological polar surface area (TPSA) is 120 Å². The highest BCUT2D eigenvalue weighted by Gasteiger charge is 2.36. The molecule has 2 aliphatic rings. The van der Waals surface area contributed by atoms with Crippen molar-refractivity contribution in [2.75, 3.05) is 19.6 Å². The molecule has 4 rings (SSSR count). The largest absolute Gasteiger partial charge is 0.508 e. The normalized spacial score (nSPS) is 26.1. The van der Waals surface area contributed by atoms with E-state index < -0.39 is 0 Å². The van der Waals surface area contributed by atoms with Crippen LogP contribution >= 0.6 is 0 Å².